The zero-order chi connectivity index (χ0) is 21.6. The highest BCUT2D eigenvalue weighted by Gasteiger charge is 2.54. The van der Waals surface area contributed by atoms with Crippen LogP contribution in [0.3, 0.4) is 0 Å². The molecule has 0 aliphatic heterocycles. The summed E-state index contributed by atoms with van der Waals surface area (Å²) in [6.45, 7) is 18.7. The number of allylic oxidation sites excluding steroid dienone is 1. The third-order valence-electron chi connectivity index (χ3n) is 5.41. The molecular weight excluding hydrogens is 392 g/mol. The lowest BCUT2D eigenvalue weighted by atomic mass is 9.86. The van der Waals surface area contributed by atoms with Crippen LogP contribution >= 0.6 is 0 Å². The van der Waals surface area contributed by atoms with Gasteiger partial charge in [0.05, 0.1) is 20.8 Å². The van der Waals surface area contributed by atoms with Crippen molar-refractivity contribution < 1.29 is 24.2 Å². The van der Waals surface area contributed by atoms with Crippen LogP contribution in [0.4, 0.5) is 0 Å². The predicted octanol–water partition coefficient (Wildman–Crippen LogP) is 4.14. The number of carboxylic acids is 1. The van der Waals surface area contributed by atoms with E-state index in [1.807, 2.05) is 6.92 Å². The first-order valence-corrected chi connectivity index (χ1v) is 19.3. The zero-order valence-corrected chi connectivity index (χ0v) is 22.0. The number of aliphatic hydroxyl groups is 2. The second kappa shape index (κ2) is 10.5. The van der Waals surface area contributed by atoms with E-state index < -0.39 is 42.5 Å². The quantitative estimate of drug-likeness (QED) is 0.317. The Morgan fingerprint density at radius 3 is 1.96 bits per heavy atom. The Kier molecular flexibility index (Phi) is 10.4. The van der Waals surface area contributed by atoms with Crippen molar-refractivity contribution in [1.29, 1.82) is 0 Å². The highest BCUT2D eigenvalue weighted by molar-refractivity contribution is 6.85. The van der Waals surface area contributed by atoms with Gasteiger partial charge in [0, 0.05) is 10.6 Å². The molecule has 0 amide bonds. The van der Waals surface area contributed by atoms with Crippen LogP contribution in [0.1, 0.15) is 39.5 Å². The third-order valence-corrected chi connectivity index (χ3v) is 15.1. The van der Waals surface area contributed by atoms with Crippen LogP contribution in [-0.4, -0.2) is 59.4 Å². The zero-order valence-electron chi connectivity index (χ0n) is 18.8. The minimum atomic E-state index is -2.56. The summed E-state index contributed by atoms with van der Waals surface area (Å²) >= 11 is 0. The maximum atomic E-state index is 12.7. The third kappa shape index (κ3) is 6.64. The first kappa shape index (κ1) is 26.7. The van der Waals surface area contributed by atoms with Gasteiger partial charge >= 0.3 is 5.97 Å². The average molecular weight is 435 g/mol. The summed E-state index contributed by atoms with van der Waals surface area (Å²) in [5.74, 6) is -0.887. The fraction of sp³-hybridized carbons (Fsp3) is 0.842. The van der Waals surface area contributed by atoms with Crippen molar-refractivity contribution in [2.24, 2.45) is 0 Å². The van der Waals surface area contributed by atoms with E-state index in [1.54, 1.807) is 0 Å². The molecule has 0 bridgehead atoms. The molecule has 2 atom stereocenters. The Bertz CT molecular complexity index is 526. The summed E-state index contributed by atoms with van der Waals surface area (Å²) in [5, 5.41) is 30.7. The second-order valence-electron chi connectivity index (χ2n) is 9.31. The summed E-state index contributed by atoms with van der Waals surface area (Å²) in [7, 11) is -5.87. The van der Waals surface area contributed by atoms with Gasteiger partial charge in [0.25, 0.3) is 0 Å². The van der Waals surface area contributed by atoms with Crippen LogP contribution in [-0.2, 0) is 8.91 Å². The van der Waals surface area contributed by atoms with Crippen molar-refractivity contribution in [1.82, 2.24) is 0 Å². The lowest BCUT2D eigenvalue weighted by Crippen LogP contribution is -2.53. The Balaban J connectivity index is 7.09. The van der Waals surface area contributed by atoms with E-state index in [4.69, 9.17) is 4.12 Å². The van der Waals surface area contributed by atoms with Crippen molar-refractivity contribution in [2.75, 3.05) is 6.61 Å². The maximum absolute atomic E-state index is 12.7. The van der Waals surface area contributed by atoms with Crippen molar-refractivity contribution in [3.8, 4) is 0 Å². The molecule has 8 heteroatoms. The molecule has 0 aromatic rings. The van der Waals surface area contributed by atoms with Gasteiger partial charge in [-0.2, -0.15) is 0 Å². The SMILES string of the molecule is CCCC(CC(O)CO)(C(C(=O)O)=C(CC)[Si](C)(C)C)[Si](C)(C)O[SiH](C)C. The van der Waals surface area contributed by atoms with Crippen LogP contribution < -0.4 is 0 Å². The van der Waals surface area contributed by atoms with Gasteiger partial charge in [-0.15, -0.1) is 0 Å². The molecule has 2 unspecified atom stereocenters. The largest absolute Gasteiger partial charge is 0.478 e. The van der Waals surface area contributed by atoms with Gasteiger partial charge in [0.15, 0.2) is 17.4 Å². The second-order valence-corrected chi connectivity index (χ2v) is 21.4. The Morgan fingerprint density at radius 2 is 1.67 bits per heavy atom. The van der Waals surface area contributed by atoms with Crippen LogP contribution in [0.5, 0.6) is 0 Å². The monoisotopic (exact) mass is 434 g/mol. The van der Waals surface area contributed by atoms with Gasteiger partial charge in [-0.1, -0.05) is 45.1 Å². The van der Waals surface area contributed by atoms with Crippen molar-refractivity contribution in [2.45, 2.75) is 96.5 Å². The first-order valence-electron chi connectivity index (χ1n) is 10.1. The molecule has 0 heterocycles. The molecule has 0 spiro atoms. The molecule has 0 saturated carbocycles. The molecule has 0 fully saturated rings. The minimum absolute atomic E-state index is 0.243. The molecule has 0 saturated heterocycles. The summed E-state index contributed by atoms with van der Waals surface area (Å²) in [6, 6.07) is 0. The minimum Gasteiger partial charge on any atom is -0.478 e. The molecule has 3 N–H and O–H groups in total. The smallest absolute Gasteiger partial charge is 0.331 e. The van der Waals surface area contributed by atoms with Gasteiger partial charge < -0.3 is 19.4 Å². The highest BCUT2D eigenvalue weighted by atomic mass is 28.4. The molecule has 0 rings (SSSR count). The van der Waals surface area contributed by atoms with Crippen LogP contribution in [0.15, 0.2) is 10.8 Å². The molecule has 160 valence electrons. The van der Waals surface area contributed by atoms with E-state index >= 15 is 0 Å². The van der Waals surface area contributed by atoms with Gasteiger partial charge in [-0.25, -0.2) is 4.79 Å². The summed E-state index contributed by atoms with van der Waals surface area (Å²) in [5.41, 5.74) is 0.477. The number of hydrogen-bond donors (Lipinski definition) is 3. The van der Waals surface area contributed by atoms with Crippen LogP contribution in [0.2, 0.25) is 50.9 Å². The fourth-order valence-electron chi connectivity index (χ4n) is 4.48. The number of rotatable bonds is 12. The highest BCUT2D eigenvalue weighted by Crippen LogP contribution is 2.55. The van der Waals surface area contributed by atoms with Crippen molar-refractivity contribution in [3.05, 3.63) is 10.8 Å². The first-order chi connectivity index (χ1) is 12.2. The van der Waals surface area contributed by atoms with Gasteiger partial charge in [0.2, 0.25) is 0 Å². The molecule has 0 aromatic carbocycles. The standard InChI is InChI=1S/C19H42O5Si3/c1-10-12-19(13-15(21)14-20,27(8,9)24-25(3)4)17(18(22)23)16(11-2)26(5,6)7/h15,20-21,25H,10-14H2,1-9H3,(H,22,23). The fourth-order valence-corrected chi connectivity index (χ4v) is 14.8. The summed E-state index contributed by atoms with van der Waals surface area (Å²) in [6.07, 6.45) is 1.45. The Hall–Kier alpha value is -0.259. The summed E-state index contributed by atoms with van der Waals surface area (Å²) in [4.78, 5) is 12.7. The Morgan fingerprint density at radius 1 is 1.15 bits per heavy atom. The van der Waals surface area contributed by atoms with Gasteiger partial charge in [-0.05, 0) is 45.5 Å². The molecule has 27 heavy (non-hydrogen) atoms. The number of carboxylic acid groups (broad SMARTS) is 1. The average Bonchev–Trinajstić information content (AvgIpc) is 2.48. The van der Waals surface area contributed by atoms with E-state index in [0.29, 0.717) is 18.4 Å². The molecular formula is C19H42O5Si3. The van der Waals surface area contributed by atoms with Crippen molar-refractivity contribution in [3.63, 3.8) is 0 Å². The number of hydrogen-bond acceptors (Lipinski definition) is 4. The lowest BCUT2D eigenvalue weighted by Gasteiger charge is -2.49. The number of carbonyl (C=O) groups is 1. The lowest BCUT2D eigenvalue weighted by molar-refractivity contribution is -0.133. The molecule has 5 nitrogen and oxygen atoms in total. The number of aliphatic carboxylic acids is 1. The normalized spacial score (nSPS) is 17.5. The maximum Gasteiger partial charge on any atom is 0.331 e. The number of aliphatic hydroxyl groups excluding tert-OH is 2. The Labute approximate surface area is 169 Å². The predicted molar refractivity (Wildman–Crippen MR) is 121 cm³/mol. The molecule has 0 aliphatic carbocycles. The molecule has 0 radical (unpaired) electrons. The van der Waals surface area contributed by atoms with E-state index in [2.05, 4.69) is 52.8 Å². The topological polar surface area (TPSA) is 87.0 Å². The van der Waals surface area contributed by atoms with Gasteiger partial charge in [-0.3, -0.25) is 0 Å². The van der Waals surface area contributed by atoms with Crippen LogP contribution in [0.25, 0.3) is 0 Å². The van der Waals surface area contributed by atoms with E-state index in [-0.39, 0.29) is 13.0 Å². The molecule has 0 aliphatic rings. The van der Waals surface area contributed by atoms with Crippen molar-refractivity contribution >= 4 is 31.4 Å². The van der Waals surface area contributed by atoms with E-state index in [0.717, 1.165) is 11.6 Å². The molecule has 0 aromatic heterocycles. The van der Waals surface area contributed by atoms with E-state index in [1.165, 1.54) is 0 Å². The summed E-state index contributed by atoms with van der Waals surface area (Å²) < 4.78 is 6.54. The van der Waals surface area contributed by atoms with Crippen LogP contribution in [0, 0.1) is 0 Å². The van der Waals surface area contributed by atoms with Gasteiger partial charge in [0.1, 0.15) is 0 Å². The van der Waals surface area contributed by atoms with E-state index in [9.17, 15) is 20.1 Å².